The minimum atomic E-state index is 0.255. The van der Waals surface area contributed by atoms with Crippen molar-refractivity contribution in [3.8, 4) is 0 Å². The highest BCUT2D eigenvalue weighted by Gasteiger charge is 2.12. The van der Waals surface area contributed by atoms with E-state index < -0.39 is 0 Å². The minimum absolute atomic E-state index is 0.255. The third kappa shape index (κ3) is 6.33. The first-order valence-electron chi connectivity index (χ1n) is 8.05. The Balaban J connectivity index is 2.74. The molecule has 0 spiro atoms. The van der Waals surface area contributed by atoms with E-state index >= 15 is 0 Å². The maximum atomic E-state index is 5.98. The van der Waals surface area contributed by atoms with E-state index in [0.717, 1.165) is 42.8 Å². The molecule has 0 radical (unpaired) electrons. The van der Waals surface area contributed by atoms with Gasteiger partial charge in [0.1, 0.15) is 11.9 Å². The molecule has 0 fully saturated rings. The van der Waals surface area contributed by atoms with E-state index in [1.807, 2.05) is 25.2 Å². The van der Waals surface area contributed by atoms with Crippen LogP contribution in [0.25, 0.3) is 0 Å². The molecule has 1 aliphatic rings. The summed E-state index contributed by atoms with van der Waals surface area (Å²) in [6, 6.07) is 0. The normalized spacial score (nSPS) is 18.4. The van der Waals surface area contributed by atoms with E-state index in [-0.39, 0.29) is 6.10 Å². The number of aliphatic imine (C=N–C) groups is 1. The van der Waals surface area contributed by atoms with Crippen molar-refractivity contribution in [3.63, 3.8) is 0 Å². The predicted octanol–water partition coefficient (Wildman–Crippen LogP) is 4.85. The highest BCUT2D eigenvalue weighted by atomic mass is 16.5. The molecule has 1 aliphatic carbocycles. The Hall–Kier alpha value is -1.77. The van der Waals surface area contributed by atoms with Crippen molar-refractivity contribution in [2.75, 3.05) is 13.6 Å². The highest BCUT2D eigenvalue weighted by molar-refractivity contribution is 5.57. The lowest BCUT2D eigenvalue weighted by Crippen LogP contribution is -2.15. The van der Waals surface area contributed by atoms with Crippen molar-refractivity contribution in [2.45, 2.75) is 53.1 Å². The molecule has 0 heterocycles. The van der Waals surface area contributed by atoms with Gasteiger partial charge in [-0.05, 0) is 52.2 Å². The monoisotopic (exact) mass is 302 g/mol. The van der Waals surface area contributed by atoms with Gasteiger partial charge in [-0.15, -0.1) is 0 Å². The molecule has 0 aromatic heterocycles. The molecular weight excluding hydrogens is 272 g/mol. The fourth-order valence-electron chi connectivity index (χ4n) is 2.01. The molecule has 3 nitrogen and oxygen atoms in total. The van der Waals surface area contributed by atoms with Crippen LogP contribution in [0.15, 0.2) is 52.4 Å². The van der Waals surface area contributed by atoms with E-state index in [1.165, 1.54) is 5.57 Å². The fraction of sp³-hybridized carbons (Fsp3) is 0.526. The van der Waals surface area contributed by atoms with Crippen molar-refractivity contribution in [1.82, 2.24) is 4.90 Å². The quantitative estimate of drug-likeness (QED) is 0.221. The lowest BCUT2D eigenvalue weighted by atomic mass is 10.0. The van der Waals surface area contributed by atoms with Gasteiger partial charge in [-0.2, -0.15) is 0 Å². The second kappa shape index (κ2) is 9.29. The van der Waals surface area contributed by atoms with Crippen LogP contribution in [-0.4, -0.2) is 30.9 Å². The summed E-state index contributed by atoms with van der Waals surface area (Å²) in [7, 11) is 2.02. The lowest BCUT2D eigenvalue weighted by Gasteiger charge is -2.21. The first-order chi connectivity index (χ1) is 10.4. The molecule has 0 aromatic carbocycles. The van der Waals surface area contributed by atoms with Crippen molar-refractivity contribution in [2.24, 2.45) is 4.99 Å². The minimum Gasteiger partial charge on any atom is -0.490 e. The zero-order valence-corrected chi connectivity index (χ0v) is 14.7. The number of hydrogen-bond acceptors (Lipinski definition) is 2. The van der Waals surface area contributed by atoms with Crippen LogP contribution in [0.1, 0.15) is 47.0 Å². The van der Waals surface area contributed by atoms with Crippen molar-refractivity contribution in [3.05, 3.63) is 47.4 Å². The molecule has 0 N–H and O–H groups in total. The summed E-state index contributed by atoms with van der Waals surface area (Å²) in [4.78, 5) is 6.61. The summed E-state index contributed by atoms with van der Waals surface area (Å²) < 4.78 is 5.98. The molecule has 0 amide bonds. The Bertz CT molecular complexity index is 494. The summed E-state index contributed by atoms with van der Waals surface area (Å²) in [5.41, 5.74) is 3.17. The van der Waals surface area contributed by atoms with Crippen LogP contribution >= 0.6 is 0 Å². The zero-order chi connectivity index (χ0) is 16.5. The summed E-state index contributed by atoms with van der Waals surface area (Å²) >= 11 is 0. The van der Waals surface area contributed by atoms with Crippen LogP contribution in [-0.2, 0) is 4.74 Å². The molecule has 122 valence electrons. The second-order valence-electron chi connectivity index (χ2n) is 5.98. The van der Waals surface area contributed by atoms with Crippen molar-refractivity contribution < 1.29 is 4.74 Å². The molecular formula is C19H30N2O. The molecule has 1 unspecified atom stereocenters. The topological polar surface area (TPSA) is 24.8 Å². The smallest absolute Gasteiger partial charge is 0.115 e. The van der Waals surface area contributed by atoms with Crippen LogP contribution in [0.4, 0.5) is 0 Å². The first-order valence-corrected chi connectivity index (χ1v) is 8.05. The number of hydrogen-bond donors (Lipinski definition) is 0. The SMILES string of the molecule is C=C(OC1CC=CCC1)/C(C)=C\C(N=CN(C)CC)=C(C)C. The van der Waals surface area contributed by atoms with Gasteiger partial charge in [0.15, 0.2) is 0 Å². The number of allylic oxidation sites excluding steroid dienone is 4. The summed E-state index contributed by atoms with van der Waals surface area (Å²) in [6.45, 7) is 13.3. The average molecular weight is 302 g/mol. The predicted molar refractivity (Wildman–Crippen MR) is 95.9 cm³/mol. The summed E-state index contributed by atoms with van der Waals surface area (Å²) in [5.74, 6) is 0.748. The van der Waals surface area contributed by atoms with Gasteiger partial charge in [0, 0.05) is 20.0 Å². The Labute approximate surface area is 135 Å². The maximum Gasteiger partial charge on any atom is 0.115 e. The van der Waals surface area contributed by atoms with Crippen LogP contribution in [0.5, 0.6) is 0 Å². The van der Waals surface area contributed by atoms with Crippen LogP contribution < -0.4 is 0 Å². The summed E-state index contributed by atoms with van der Waals surface area (Å²) in [5, 5.41) is 0. The van der Waals surface area contributed by atoms with Gasteiger partial charge in [-0.1, -0.05) is 24.3 Å². The Morgan fingerprint density at radius 1 is 1.36 bits per heavy atom. The second-order valence-corrected chi connectivity index (χ2v) is 5.98. The highest BCUT2D eigenvalue weighted by Crippen LogP contribution is 2.21. The first kappa shape index (κ1) is 18.3. The zero-order valence-electron chi connectivity index (χ0n) is 14.7. The van der Waals surface area contributed by atoms with Gasteiger partial charge < -0.3 is 9.64 Å². The Morgan fingerprint density at radius 3 is 2.64 bits per heavy atom. The molecule has 0 aliphatic heterocycles. The van der Waals surface area contributed by atoms with Gasteiger partial charge in [-0.3, -0.25) is 0 Å². The average Bonchev–Trinajstić information content (AvgIpc) is 2.51. The van der Waals surface area contributed by atoms with E-state index in [1.54, 1.807) is 0 Å². The molecule has 0 bridgehead atoms. The van der Waals surface area contributed by atoms with Crippen LogP contribution in [0.2, 0.25) is 0 Å². The van der Waals surface area contributed by atoms with Gasteiger partial charge in [0.2, 0.25) is 0 Å². The number of nitrogens with zero attached hydrogens (tertiary/aromatic N) is 2. The number of rotatable bonds is 7. The molecule has 3 heteroatoms. The van der Waals surface area contributed by atoms with E-state index in [2.05, 4.69) is 50.6 Å². The maximum absolute atomic E-state index is 5.98. The third-order valence-electron chi connectivity index (χ3n) is 3.73. The Kier molecular flexibility index (Phi) is 7.72. The molecule has 0 aromatic rings. The van der Waals surface area contributed by atoms with Crippen LogP contribution in [0.3, 0.4) is 0 Å². The van der Waals surface area contributed by atoms with Crippen molar-refractivity contribution in [1.29, 1.82) is 0 Å². The molecule has 1 rings (SSSR count). The third-order valence-corrected chi connectivity index (χ3v) is 3.73. The number of ether oxygens (including phenoxy) is 1. The largest absolute Gasteiger partial charge is 0.490 e. The molecule has 0 saturated heterocycles. The fourth-order valence-corrected chi connectivity index (χ4v) is 2.01. The van der Waals surface area contributed by atoms with E-state index in [9.17, 15) is 0 Å². The Morgan fingerprint density at radius 2 is 2.09 bits per heavy atom. The van der Waals surface area contributed by atoms with Gasteiger partial charge in [0.25, 0.3) is 0 Å². The summed E-state index contributed by atoms with van der Waals surface area (Å²) in [6.07, 6.45) is 11.7. The van der Waals surface area contributed by atoms with Gasteiger partial charge in [-0.25, -0.2) is 4.99 Å². The van der Waals surface area contributed by atoms with Gasteiger partial charge in [0.05, 0.1) is 12.0 Å². The molecule has 1 atom stereocenters. The molecule has 0 saturated carbocycles. The van der Waals surface area contributed by atoms with Crippen LogP contribution in [0, 0.1) is 0 Å². The van der Waals surface area contributed by atoms with Crippen molar-refractivity contribution >= 4 is 6.34 Å². The standard InChI is InChI=1S/C19H30N2O/c1-7-21(6)14-20-19(15(2)3)13-16(4)17(5)22-18-11-9-8-10-12-18/h8-9,13-14,18H,5,7,10-12H2,1-4,6H3/b16-13-,20-14?. The van der Waals surface area contributed by atoms with E-state index in [0.29, 0.717) is 0 Å². The molecule has 22 heavy (non-hydrogen) atoms. The lowest BCUT2D eigenvalue weighted by molar-refractivity contribution is 0.115. The van der Waals surface area contributed by atoms with Gasteiger partial charge >= 0.3 is 0 Å². The van der Waals surface area contributed by atoms with E-state index in [4.69, 9.17) is 4.74 Å².